The van der Waals surface area contributed by atoms with Crippen LogP contribution in [0, 0.1) is 6.92 Å². The van der Waals surface area contributed by atoms with Crippen LogP contribution in [0.2, 0.25) is 5.02 Å². The molecule has 3 aromatic heterocycles. The largest absolute Gasteiger partial charge is 0.493 e. The minimum absolute atomic E-state index is 0.135. The Morgan fingerprint density at radius 2 is 1.86 bits per heavy atom. The summed E-state index contributed by atoms with van der Waals surface area (Å²) in [5.74, 6) is 1.91. The zero-order valence-electron chi connectivity index (χ0n) is 19.8. The molecule has 2 aromatic carbocycles. The smallest absolute Gasteiger partial charge is 0.229 e. The summed E-state index contributed by atoms with van der Waals surface area (Å²) in [5, 5.41) is 13.2. The van der Waals surface area contributed by atoms with Crippen molar-refractivity contribution in [1.82, 2.24) is 29.5 Å². The molecule has 36 heavy (non-hydrogen) atoms. The predicted molar refractivity (Wildman–Crippen MR) is 135 cm³/mol. The third-order valence-electron chi connectivity index (χ3n) is 5.51. The molecule has 0 aliphatic rings. The lowest BCUT2D eigenvalue weighted by atomic mass is 10.1. The van der Waals surface area contributed by atoms with Gasteiger partial charge in [0, 0.05) is 11.1 Å². The summed E-state index contributed by atoms with van der Waals surface area (Å²) < 4.78 is 13.9. The highest BCUT2D eigenvalue weighted by Gasteiger charge is 2.18. The van der Waals surface area contributed by atoms with Gasteiger partial charge in [-0.1, -0.05) is 23.7 Å². The number of benzene rings is 2. The van der Waals surface area contributed by atoms with E-state index in [4.69, 9.17) is 21.1 Å². The molecule has 0 atom stereocenters. The molecule has 0 radical (unpaired) electrons. The maximum absolute atomic E-state index is 12.9. The quantitative estimate of drug-likeness (QED) is 0.355. The van der Waals surface area contributed by atoms with Gasteiger partial charge in [0.2, 0.25) is 5.91 Å². The predicted octanol–water partition coefficient (Wildman–Crippen LogP) is 4.16. The Labute approximate surface area is 211 Å². The second-order valence-corrected chi connectivity index (χ2v) is 8.40. The van der Waals surface area contributed by atoms with E-state index in [1.54, 1.807) is 60.1 Å². The molecular formula is C25H22ClN7O3. The van der Waals surface area contributed by atoms with Gasteiger partial charge in [0.25, 0.3) is 0 Å². The lowest BCUT2D eigenvalue weighted by Gasteiger charge is -2.11. The summed E-state index contributed by atoms with van der Waals surface area (Å²) in [4.78, 5) is 21.8. The van der Waals surface area contributed by atoms with Crippen molar-refractivity contribution in [3.63, 3.8) is 0 Å². The molecule has 0 saturated carbocycles. The summed E-state index contributed by atoms with van der Waals surface area (Å²) in [5.41, 5.74) is 2.84. The Kier molecular flexibility index (Phi) is 6.26. The van der Waals surface area contributed by atoms with Crippen molar-refractivity contribution >= 4 is 34.4 Å². The highest BCUT2D eigenvalue weighted by atomic mass is 35.5. The Morgan fingerprint density at radius 1 is 1.03 bits per heavy atom. The molecule has 11 heteroatoms. The summed E-state index contributed by atoms with van der Waals surface area (Å²) in [7, 11) is 3.12. The fourth-order valence-electron chi connectivity index (χ4n) is 3.91. The fraction of sp³-hybridized carbons (Fsp3) is 0.160. The molecule has 5 rings (SSSR count). The van der Waals surface area contributed by atoms with Crippen molar-refractivity contribution in [1.29, 1.82) is 0 Å². The highest BCUT2D eigenvalue weighted by Crippen LogP contribution is 2.28. The summed E-state index contributed by atoms with van der Waals surface area (Å²) >= 11 is 6.16. The molecular weight excluding hydrogens is 482 g/mol. The maximum Gasteiger partial charge on any atom is 0.229 e. The van der Waals surface area contributed by atoms with Crippen LogP contribution in [0.3, 0.4) is 0 Å². The molecule has 0 spiro atoms. The van der Waals surface area contributed by atoms with Gasteiger partial charge in [0.1, 0.15) is 12.1 Å². The van der Waals surface area contributed by atoms with Gasteiger partial charge in [-0.2, -0.15) is 14.9 Å². The van der Waals surface area contributed by atoms with Crippen LogP contribution in [0.4, 0.5) is 5.82 Å². The van der Waals surface area contributed by atoms with Gasteiger partial charge in [-0.15, -0.1) is 0 Å². The van der Waals surface area contributed by atoms with Gasteiger partial charge in [0.15, 0.2) is 23.0 Å². The number of aryl methyl sites for hydroxylation is 1. The molecule has 0 aliphatic carbocycles. The number of anilines is 1. The van der Waals surface area contributed by atoms with Gasteiger partial charge < -0.3 is 14.8 Å². The average molecular weight is 504 g/mol. The van der Waals surface area contributed by atoms with Crippen molar-refractivity contribution in [2.45, 2.75) is 13.3 Å². The first-order valence-electron chi connectivity index (χ1n) is 11.0. The number of ether oxygens (including phenoxy) is 2. The lowest BCUT2D eigenvalue weighted by Crippen LogP contribution is -2.17. The molecule has 1 amide bonds. The summed E-state index contributed by atoms with van der Waals surface area (Å²) in [6, 6.07) is 14.5. The van der Waals surface area contributed by atoms with Crippen LogP contribution in [0.5, 0.6) is 11.5 Å². The molecule has 0 bridgehead atoms. The van der Waals surface area contributed by atoms with Crippen molar-refractivity contribution in [2.24, 2.45) is 0 Å². The van der Waals surface area contributed by atoms with E-state index in [2.05, 4.69) is 25.5 Å². The number of hydrogen-bond acceptors (Lipinski definition) is 7. The number of carbonyl (C=O) groups is 1. The third kappa shape index (κ3) is 4.46. The van der Waals surface area contributed by atoms with Crippen LogP contribution < -0.4 is 14.8 Å². The number of amides is 1. The van der Waals surface area contributed by atoms with Crippen LogP contribution in [-0.4, -0.2) is 49.7 Å². The number of halogens is 1. The van der Waals surface area contributed by atoms with Gasteiger partial charge >= 0.3 is 0 Å². The number of carbonyl (C=O) groups excluding carboxylic acids is 1. The van der Waals surface area contributed by atoms with E-state index < -0.39 is 0 Å². The highest BCUT2D eigenvalue weighted by molar-refractivity contribution is 6.30. The molecule has 182 valence electrons. The normalized spacial score (nSPS) is 11.0. The number of methoxy groups -OCH3 is 2. The second-order valence-electron chi connectivity index (χ2n) is 7.97. The molecule has 0 aliphatic heterocycles. The Morgan fingerprint density at radius 3 is 2.64 bits per heavy atom. The maximum atomic E-state index is 12.9. The molecule has 10 nitrogen and oxygen atoms in total. The first-order chi connectivity index (χ1) is 17.5. The van der Waals surface area contributed by atoms with Gasteiger partial charge in [-0.3, -0.25) is 4.79 Å². The summed E-state index contributed by atoms with van der Waals surface area (Å²) in [6.07, 6.45) is 3.24. The number of rotatable bonds is 7. The van der Waals surface area contributed by atoms with Gasteiger partial charge in [-0.25, -0.2) is 14.6 Å². The van der Waals surface area contributed by atoms with Crippen molar-refractivity contribution in [2.75, 3.05) is 19.5 Å². The number of aromatic nitrogens is 6. The molecule has 0 saturated heterocycles. The van der Waals surface area contributed by atoms with E-state index in [1.165, 1.54) is 6.33 Å². The van der Waals surface area contributed by atoms with Crippen molar-refractivity contribution in [3.8, 4) is 23.0 Å². The second kappa shape index (κ2) is 9.67. The first-order valence-corrected chi connectivity index (χ1v) is 11.4. The Bertz CT molecular complexity index is 1580. The molecule has 0 unspecified atom stereocenters. The van der Waals surface area contributed by atoms with E-state index in [-0.39, 0.29) is 12.3 Å². The molecule has 5 aromatic rings. The topological polar surface area (TPSA) is 109 Å². The van der Waals surface area contributed by atoms with E-state index in [0.717, 1.165) is 11.3 Å². The average Bonchev–Trinajstić information content (AvgIpc) is 3.47. The SMILES string of the molecule is COc1ccc(CC(=O)Nc2cc(C)nn2-c2ncnc3c2cnn3-c2cccc(Cl)c2)cc1OC. The van der Waals surface area contributed by atoms with E-state index in [0.29, 0.717) is 44.9 Å². The summed E-state index contributed by atoms with van der Waals surface area (Å²) in [6.45, 7) is 1.84. The number of hydrogen-bond donors (Lipinski definition) is 1. The van der Waals surface area contributed by atoms with Crippen LogP contribution in [0.1, 0.15) is 11.3 Å². The Balaban J connectivity index is 1.46. The van der Waals surface area contributed by atoms with E-state index in [9.17, 15) is 4.79 Å². The number of nitrogens with zero attached hydrogens (tertiary/aromatic N) is 6. The number of fused-ring (bicyclic) bond motifs is 1. The van der Waals surface area contributed by atoms with Gasteiger partial charge in [0.05, 0.1) is 43.6 Å². The minimum atomic E-state index is -0.219. The third-order valence-corrected chi connectivity index (χ3v) is 5.74. The molecule has 3 heterocycles. The van der Waals surface area contributed by atoms with Crippen LogP contribution in [0.25, 0.3) is 22.5 Å². The van der Waals surface area contributed by atoms with Crippen molar-refractivity contribution in [3.05, 3.63) is 77.3 Å². The van der Waals surface area contributed by atoms with Crippen LogP contribution >= 0.6 is 11.6 Å². The number of nitrogens with one attached hydrogen (secondary N) is 1. The molecule has 1 N–H and O–H groups in total. The lowest BCUT2D eigenvalue weighted by molar-refractivity contribution is -0.115. The standard InChI is InChI=1S/C25H22ClN7O3/c1-15-9-22(30-23(34)11-16-7-8-20(35-2)21(10-16)36-3)33(31-15)25-19-13-29-32(24(19)27-14-28-25)18-6-4-5-17(26)12-18/h4-10,12-14H,11H2,1-3H3,(H,30,34). The minimum Gasteiger partial charge on any atom is -0.493 e. The van der Waals surface area contributed by atoms with E-state index >= 15 is 0 Å². The van der Waals surface area contributed by atoms with Gasteiger partial charge in [-0.05, 0) is 42.8 Å². The monoisotopic (exact) mass is 503 g/mol. The van der Waals surface area contributed by atoms with Crippen molar-refractivity contribution < 1.29 is 14.3 Å². The molecule has 0 fully saturated rings. The van der Waals surface area contributed by atoms with Crippen LogP contribution in [0.15, 0.2) is 61.1 Å². The fourth-order valence-corrected chi connectivity index (χ4v) is 4.09. The van der Waals surface area contributed by atoms with E-state index in [1.807, 2.05) is 25.1 Å². The zero-order chi connectivity index (χ0) is 25.2. The first kappa shape index (κ1) is 23.3. The van der Waals surface area contributed by atoms with Crippen LogP contribution in [-0.2, 0) is 11.2 Å². The zero-order valence-corrected chi connectivity index (χ0v) is 20.5. The Hall–Kier alpha value is -4.44.